The molecule has 0 aromatic heterocycles. The number of carbonyl (C=O) groups is 2. The van der Waals surface area contributed by atoms with Crippen LogP contribution in [0.15, 0.2) is 46.9 Å². The Hall–Kier alpha value is -2.34. The van der Waals surface area contributed by atoms with E-state index in [1.54, 1.807) is 17.0 Å². The van der Waals surface area contributed by atoms with Crippen molar-refractivity contribution in [2.75, 3.05) is 23.3 Å². The minimum absolute atomic E-state index is 0.0576. The highest BCUT2D eigenvalue weighted by atomic mass is 79.9. The number of ether oxygens (including phenoxy) is 1. The SMILES string of the molecule is Cc1ccc(NC(=O)CN2CC(=O)Oc3ccccc32)cc1Br. The summed E-state index contributed by atoms with van der Waals surface area (Å²) in [6.45, 7) is 2.12. The van der Waals surface area contributed by atoms with E-state index >= 15 is 0 Å². The van der Waals surface area contributed by atoms with Gasteiger partial charge < -0.3 is 15.0 Å². The zero-order valence-electron chi connectivity index (χ0n) is 12.5. The Labute approximate surface area is 142 Å². The van der Waals surface area contributed by atoms with Crippen LogP contribution in [0.3, 0.4) is 0 Å². The molecule has 0 aliphatic carbocycles. The summed E-state index contributed by atoms with van der Waals surface area (Å²) in [5.74, 6) is -0.0746. The molecule has 1 N–H and O–H groups in total. The fourth-order valence-electron chi connectivity index (χ4n) is 2.39. The van der Waals surface area contributed by atoms with Gasteiger partial charge >= 0.3 is 5.97 Å². The molecule has 2 aromatic rings. The zero-order valence-corrected chi connectivity index (χ0v) is 14.1. The number of rotatable bonds is 3. The van der Waals surface area contributed by atoms with Gasteiger partial charge in [0.05, 0.1) is 12.2 Å². The van der Waals surface area contributed by atoms with E-state index in [0.717, 1.165) is 15.7 Å². The van der Waals surface area contributed by atoms with E-state index in [1.165, 1.54) is 0 Å². The maximum Gasteiger partial charge on any atom is 0.331 e. The first kappa shape index (κ1) is 15.6. The van der Waals surface area contributed by atoms with E-state index in [-0.39, 0.29) is 25.0 Å². The molecule has 2 aromatic carbocycles. The summed E-state index contributed by atoms with van der Waals surface area (Å²) in [5.41, 5.74) is 2.54. The molecule has 5 nitrogen and oxygen atoms in total. The van der Waals surface area contributed by atoms with Gasteiger partial charge in [0.25, 0.3) is 0 Å². The fraction of sp³-hybridized carbons (Fsp3) is 0.176. The molecule has 3 rings (SSSR count). The van der Waals surface area contributed by atoms with E-state index in [4.69, 9.17) is 4.74 Å². The summed E-state index contributed by atoms with van der Waals surface area (Å²) in [4.78, 5) is 25.6. The molecule has 0 unspecified atom stereocenters. The lowest BCUT2D eigenvalue weighted by Crippen LogP contribution is -2.41. The molecule has 0 atom stereocenters. The number of aryl methyl sites for hydroxylation is 1. The van der Waals surface area contributed by atoms with Crippen molar-refractivity contribution in [3.8, 4) is 5.75 Å². The van der Waals surface area contributed by atoms with Gasteiger partial charge in [0.15, 0.2) is 5.75 Å². The third kappa shape index (κ3) is 3.53. The number of anilines is 2. The predicted octanol–water partition coefficient (Wildman–Crippen LogP) is 3.12. The number of amides is 1. The van der Waals surface area contributed by atoms with Gasteiger partial charge in [-0.3, -0.25) is 4.79 Å². The van der Waals surface area contributed by atoms with Crippen molar-refractivity contribution in [1.82, 2.24) is 0 Å². The number of benzene rings is 2. The number of para-hydroxylation sites is 2. The number of nitrogens with one attached hydrogen (secondary N) is 1. The molecule has 0 radical (unpaired) electrons. The third-order valence-corrected chi connectivity index (χ3v) is 4.39. The lowest BCUT2D eigenvalue weighted by Gasteiger charge is -2.29. The average molecular weight is 375 g/mol. The second kappa shape index (κ2) is 6.42. The number of hydrogen-bond donors (Lipinski definition) is 1. The van der Waals surface area contributed by atoms with Crippen molar-refractivity contribution in [1.29, 1.82) is 0 Å². The van der Waals surface area contributed by atoms with Gasteiger partial charge in [-0.05, 0) is 36.8 Å². The molecule has 0 saturated heterocycles. The maximum absolute atomic E-state index is 12.3. The summed E-state index contributed by atoms with van der Waals surface area (Å²) in [7, 11) is 0. The molecule has 0 bridgehead atoms. The van der Waals surface area contributed by atoms with E-state index in [0.29, 0.717) is 11.4 Å². The van der Waals surface area contributed by atoms with Crippen molar-refractivity contribution in [2.45, 2.75) is 6.92 Å². The normalized spacial score (nSPS) is 13.3. The first-order valence-corrected chi connectivity index (χ1v) is 7.93. The van der Waals surface area contributed by atoms with Crippen LogP contribution in [-0.4, -0.2) is 25.0 Å². The second-order valence-electron chi connectivity index (χ2n) is 5.31. The van der Waals surface area contributed by atoms with E-state index in [9.17, 15) is 9.59 Å². The fourth-order valence-corrected chi connectivity index (χ4v) is 2.76. The van der Waals surface area contributed by atoms with E-state index in [2.05, 4.69) is 21.2 Å². The molecule has 118 valence electrons. The predicted molar refractivity (Wildman–Crippen MR) is 91.8 cm³/mol. The van der Waals surface area contributed by atoms with Crippen LogP contribution in [0.25, 0.3) is 0 Å². The smallest absolute Gasteiger partial charge is 0.331 e. The summed E-state index contributed by atoms with van der Waals surface area (Å²) in [6, 6.07) is 12.8. The van der Waals surface area contributed by atoms with Crippen molar-refractivity contribution in [2.24, 2.45) is 0 Å². The molecule has 0 saturated carbocycles. The molecular weight excluding hydrogens is 360 g/mol. The Morgan fingerprint density at radius 3 is 2.87 bits per heavy atom. The van der Waals surface area contributed by atoms with Crippen LogP contribution in [0.5, 0.6) is 5.75 Å². The highest BCUT2D eigenvalue weighted by Crippen LogP contribution is 2.31. The van der Waals surface area contributed by atoms with Gasteiger partial charge in [-0.25, -0.2) is 4.79 Å². The molecular formula is C17H15BrN2O3. The Morgan fingerprint density at radius 1 is 1.30 bits per heavy atom. The monoisotopic (exact) mass is 374 g/mol. The summed E-state index contributed by atoms with van der Waals surface area (Å²) >= 11 is 3.44. The molecule has 0 spiro atoms. The number of nitrogens with zero attached hydrogens (tertiary/aromatic N) is 1. The van der Waals surface area contributed by atoms with Crippen LogP contribution in [0.4, 0.5) is 11.4 Å². The Morgan fingerprint density at radius 2 is 2.09 bits per heavy atom. The number of fused-ring (bicyclic) bond motifs is 1. The molecule has 1 amide bonds. The lowest BCUT2D eigenvalue weighted by molar-refractivity contribution is -0.133. The third-order valence-electron chi connectivity index (χ3n) is 3.54. The Bertz CT molecular complexity index is 776. The Balaban J connectivity index is 1.73. The van der Waals surface area contributed by atoms with Gasteiger partial charge in [-0.15, -0.1) is 0 Å². The maximum atomic E-state index is 12.3. The zero-order chi connectivity index (χ0) is 16.4. The first-order chi connectivity index (χ1) is 11.0. The Kier molecular flexibility index (Phi) is 4.34. The van der Waals surface area contributed by atoms with Gasteiger partial charge in [0.2, 0.25) is 5.91 Å². The van der Waals surface area contributed by atoms with Gasteiger partial charge in [-0.2, -0.15) is 0 Å². The largest absolute Gasteiger partial charge is 0.423 e. The summed E-state index contributed by atoms with van der Waals surface area (Å²) < 4.78 is 6.10. The van der Waals surface area contributed by atoms with Crippen molar-refractivity contribution in [3.63, 3.8) is 0 Å². The minimum atomic E-state index is -0.366. The van der Waals surface area contributed by atoms with Gasteiger partial charge in [0.1, 0.15) is 6.54 Å². The molecule has 1 aliphatic heterocycles. The summed E-state index contributed by atoms with van der Waals surface area (Å²) in [6.07, 6.45) is 0. The number of esters is 1. The van der Waals surface area contributed by atoms with E-state index < -0.39 is 0 Å². The molecule has 6 heteroatoms. The molecule has 23 heavy (non-hydrogen) atoms. The van der Waals surface area contributed by atoms with Crippen molar-refractivity contribution < 1.29 is 14.3 Å². The quantitative estimate of drug-likeness (QED) is 0.662. The number of hydrogen-bond acceptors (Lipinski definition) is 4. The topological polar surface area (TPSA) is 58.6 Å². The van der Waals surface area contributed by atoms with Crippen molar-refractivity contribution in [3.05, 3.63) is 52.5 Å². The standard InChI is InChI=1S/C17H15BrN2O3/c1-11-6-7-12(8-13(11)18)19-16(21)9-20-10-17(22)23-15-5-3-2-4-14(15)20/h2-8H,9-10H2,1H3,(H,19,21). The van der Waals surface area contributed by atoms with Crippen molar-refractivity contribution >= 4 is 39.2 Å². The number of halogens is 1. The molecule has 0 fully saturated rings. The average Bonchev–Trinajstić information content (AvgIpc) is 2.51. The van der Waals surface area contributed by atoms with Crippen LogP contribution in [0.1, 0.15) is 5.56 Å². The minimum Gasteiger partial charge on any atom is -0.423 e. The highest BCUT2D eigenvalue weighted by molar-refractivity contribution is 9.10. The van der Waals surface area contributed by atoms with Gasteiger partial charge in [0, 0.05) is 10.2 Å². The van der Waals surface area contributed by atoms with Gasteiger partial charge in [-0.1, -0.05) is 34.1 Å². The molecule has 1 heterocycles. The summed E-state index contributed by atoms with van der Waals surface area (Å²) in [5, 5.41) is 2.84. The van der Waals surface area contributed by atoms with Crippen LogP contribution < -0.4 is 15.0 Å². The first-order valence-electron chi connectivity index (χ1n) is 7.13. The highest BCUT2D eigenvalue weighted by Gasteiger charge is 2.25. The van der Waals surface area contributed by atoms with Crippen LogP contribution in [0, 0.1) is 6.92 Å². The molecule has 1 aliphatic rings. The number of carbonyl (C=O) groups excluding carboxylic acids is 2. The second-order valence-corrected chi connectivity index (χ2v) is 6.16. The lowest BCUT2D eigenvalue weighted by atomic mass is 10.2. The van der Waals surface area contributed by atoms with E-state index in [1.807, 2.05) is 37.3 Å². The van der Waals surface area contributed by atoms with Crippen LogP contribution in [0.2, 0.25) is 0 Å². The van der Waals surface area contributed by atoms with Crippen LogP contribution in [-0.2, 0) is 9.59 Å². The van der Waals surface area contributed by atoms with Crippen LogP contribution >= 0.6 is 15.9 Å².